The standard InChI is InChI=1S/C14H18F2N2O/c1-3-7-18-14(2,10-17)6-8-19-11-4-5-12(15)13(16)9-11/h4-5,9,18H,3,6-8H2,1-2H3. The molecule has 0 fully saturated rings. The summed E-state index contributed by atoms with van der Waals surface area (Å²) in [6, 6.07) is 5.57. The van der Waals surface area contributed by atoms with E-state index in [9.17, 15) is 8.78 Å². The van der Waals surface area contributed by atoms with Gasteiger partial charge < -0.3 is 4.74 Å². The average molecular weight is 268 g/mol. The topological polar surface area (TPSA) is 45.0 Å². The van der Waals surface area contributed by atoms with Crippen LogP contribution in [0.4, 0.5) is 8.78 Å². The zero-order chi connectivity index (χ0) is 14.3. The summed E-state index contributed by atoms with van der Waals surface area (Å²) >= 11 is 0. The lowest BCUT2D eigenvalue weighted by Crippen LogP contribution is -2.42. The van der Waals surface area contributed by atoms with Crippen LogP contribution in [0, 0.1) is 23.0 Å². The summed E-state index contributed by atoms with van der Waals surface area (Å²) in [6.45, 7) is 4.81. The maximum absolute atomic E-state index is 13.0. The Balaban J connectivity index is 2.48. The van der Waals surface area contributed by atoms with E-state index in [4.69, 9.17) is 10.00 Å². The molecule has 19 heavy (non-hydrogen) atoms. The van der Waals surface area contributed by atoms with Crippen LogP contribution in [0.15, 0.2) is 18.2 Å². The number of nitrogens with one attached hydrogen (secondary N) is 1. The molecule has 1 rings (SSSR count). The van der Waals surface area contributed by atoms with Crippen LogP contribution in [-0.4, -0.2) is 18.7 Å². The Bertz CT molecular complexity index is 459. The fraction of sp³-hybridized carbons (Fsp3) is 0.500. The molecule has 3 nitrogen and oxygen atoms in total. The fourth-order valence-electron chi connectivity index (χ4n) is 1.52. The highest BCUT2D eigenvalue weighted by Crippen LogP contribution is 2.17. The Morgan fingerprint density at radius 1 is 1.37 bits per heavy atom. The van der Waals surface area contributed by atoms with Crippen LogP contribution >= 0.6 is 0 Å². The van der Waals surface area contributed by atoms with Gasteiger partial charge in [-0.25, -0.2) is 8.78 Å². The van der Waals surface area contributed by atoms with Crippen LogP contribution in [0.25, 0.3) is 0 Å². The minimum Gasteiger partial charge on any atom is -0.493 e. The van der Waals surface area contributed by atoms with Crippen molar-refractivity contribution in [3.8, 4) is 11.8 Å². The highest BCUT2D eigenvalue weighted by molar-refractivity contribution is 5.23. The van der Waals surface area contributed by atoms with Crippen LogP contribution < -0.4 is 10.1 Å². The van der Waals surface area contributed by atoms with Gasteiger partial charge in [-0.05, 0) is 32.0 Å². The van der Waals surface area contributed by atoms with Crippen LogP contribution in [0.3, 0.4) is 0 Å². The van der Waals surface area contributed by atoms with Gasteiger partial charge in [-0.2, -0.15) is 5.26 Å². The zero-order valence-corrected chi connectivity index (χ0v) is 11.2. The summed E-state index contributed by atoms with van der Waals surface area (Å²) in [7, 11) is 0. The number of hydrogen-bond acceptors (Lipinski definition) is 3. The predicted octanol–water partition coefficient (Wildman–Crippen LogP) is 3.02. The van der Waals surface area contributed by atoms with E-state index in [0.29, 0.717) is 6.42 Å². The van der Waals surface area contributed by atoms with E-state index in [2.05, 4.69) is 11.4 Å². The molecule has 0 bridgehead atoms. The number of ether oxygens (including phenoxy) is 1. The van der Waals surface area contributed by atoms with Crippen molar-refractivity contribution < 1.29 is 13.5 Å². The molecule has 104 valence electrons. The molecule has 0 spiro atoms. The summed E-state index contributed by atoms with van der Waals surface area (Å²) in [5.74, 6) is -1.59. The molecule has 0 saturated carbocycles. The first-order valence-electron chi connectivity index (χ1n) is 6.25. The van der Waals surface area contributed by atoms with Gasteiger partial charge in [0.25, 0.3) is 0 Å². The first kappa shape index (κ1) is 15.4. The first-order valence-corrected chi connectivity index (χ1v) is 6.25. The molecule has 0 heterocycles. The van der Waals surface area contributed by atoms with Crippen LogP contribution in [0.2, 0.25) is 0 Å². The molecule has 0 aliphatic heterocycles. The van der Waals surface area contributed by atoms with Crippen molar-refractivity contribution in [1.82, 2.24) is 5.32 Å². The van der Waals surface area contributed by atoms with Gasteiger partial charge in [0, 0.05) is 12.5 Å². The molecule has 5 heteroatoms. The monoisotopic (exact) mass is 268 g/mol. The molecular weight excluding hydrogens is 250 g/mol. The van der Waals surface area contributed by atoms with Gasteiger partial charge in [0.1, 0.15) is 11.3 Å². The number of benzene rings is 1. The molecule has 0 radical (unpaired) electrons. The zero-order valence-electron chi connectivity index (χ0n) is 11.2. The van der Waals surface area contributed by atoms with Crippen molar-refractivity contribution in [1.29, 1.82) is 5.26 Å². The Hall–Kier alpha value is -1.67. The second kappa shape index (κ2) is 7.05. The molecule has 0 aromatic heterocycles. The minimum absolute atomic E-state index is 0.256. The summed E-state index contributed by atoms with van der Waals surface area (Å²) in [5.41, 5.74) is -0.672. The van der Waals surface area contributed by atoms with Gasteiger partial charge in [-0.3, -0.25) is 5.32 Å². The summed E-state index contributed by atoms with van der Waals surface area (Å²) in [4.78, 5) is 0. The van der Waals surface area contributed by atoms with Crippen molar-refractivity contribution in [2.45, 2.75) is 32.2 Å². The summed E-state index contributed by atoms with van der Waals surface area (Å²) in [6.07, 6.45) is 1.39. The van der Waals surface area contributed by atoms with Crippen LogP contribution in [0.1, 0.15) is 26.7 Å². The molecular formula is C14H18F2N2O. The van der Waals surface area contributed by atoms with Crippen molar-refractivity contribution >= 4 is 0 Å². The van der Waals surface area contributed by atoms with Crippen LogP contribution in [-0.2, 0) is 0 Å². The number of halogens is 2. The molecule has 1 N–H and O–H groups in total. The number of rotatable bonds is 7. The first-order chi connectivity index (χ1) is 9.00. The van der Waals surface area contributed by atoms with Gasteiger partial charge in [-0.15, -0.1) is 0 Å². The van der Waals surface area contributed by atoms with E-state index in [1.54, 1.807) is 6.92 Å². The van der Waals surface area contributed by atoms with Crippen molar-refractivity contribution in [2.24, 2.45) is 0 Å². The second-order valence-electron chi connectivity index (χ2n) is 4.55. The fourth-order valence-corrected chi connectivity index (χ4v) is 1.52. The van der Waals surface area contributed by atoms with Gasteiger partial charge in [0.2, 0.25) is 0 Å². The lowest BCUT2D eigenvalue weighted by molar-refractivity contribution is 0.265. The molecule has 1 unspecified atom stereocenters. The van der Waals surface area contributed by atoms with Gasteiger partial charge in [-0.1, -0.05) is 6.92 Å². The third-order valence-electron chi connectivity index (χ3n) is 2.77. The van der Waals surface area contributed by atoms with E-state index < -0.39 is 17.2 Å². The average Bonchev–Trinajstić information content (AvgIpc) is 2.40. The smallest absolute Gasteiger partial charge is 0.162 e. The third kappa shape index (κ3) is 4.84. The molecule has 1 aromatic carbocycles. The highest BCUT2D eigenvalue weighted by atomic mass is 19.2. The van der Waals surface area contributed by atoms with Crippen molar-refractivity contribution in [2.75, 3.05) is 13.2 Å². The van der Waals surface area contributed by atoms with E-state index in [-0.39, 0.29) is 12.4 Å². The summed E-state index contributed by atoms with van der Waals surface area (Å²) in [5, 5.41) is 12.2. The predicted molar refractivity (Wildman–Crippen MR) is 68.8 cm³/mol. The lowest BCUT2D eigenvalue weighted by atomic mass is 10.0. The third-order valence-corrected chi connectivity index (χ3v) is 2.77. The maximum atomic E-state index is 13.0. The molecule has 1 aromatic rings. The number of hydrogen-bond donors (Lipinski definition) is 1. The Kier molecular flexibility index (Phi) is 5.71. The lowest BCUT2D eigenvalue weighted by Gasteiger charge is -2.23. The minimum atomic E-state index is -0.940. The van der Waals surface area contributed by atoms with E-state index in [1.807, 2.05) is 6.92 Å². The number of nitriles is 1. The molecule has 0 aliphatic carbocycles. The Morgan fingerprint density at radius 2 is 2.11 bits per heavy atom. The second-order valence-corrected chi connectivity index (χ2v) is 4.55. The van der Waals surface area contributed by atoms with Gasteiger partial charge in [0.05, 0.1) is 12.7 Å². The Morgan fingerprint density at radius 3 is 2.68 bits per heavy atom. The SMILES string of the molecule is CCCNC(C)(C#N)CCOc1ccc(F)c(F)c1. The van der Waals surface area contributed by atoms with Gasteiger partial charge in [0.15, 0.2) is 11.6 Å². The van der Waals surface area contributed by atoms with Crippen molar-refractivity contribution in [3.63, 3.8) is 0 Å². The summed E-state index contributed by atoms with van der Waals surface area (Å²) < 4.78 is 31.0. The van der Waals surface area contributed by atoms with E-state index >= 15 is 0 Å². The Labute approximate surface area is 112 Å². The number of nitrogens with zero attached hydrogens (tertiary/aromatic N) is 1. The largest absolute Gasteiger partial charge is 0.493 e. The van der Waals surface area contributed by atoms with Gasteiger partial charge >= 0.3 is 0 Å². The highest BCUT2D eigenvalue weighted by Gasteiger charge is 2.22. The van der Waals surface area contributed by atoms with Crippen molar-refractivity contribution in [3.05, 3.63) is 29.8 Å². The quantitative estimate of drug-likeness (QED) is 0.826. The molecule has 0 amide bonds. The van der Waals surface area contributed by atoms with E-state index in [0.717, 1.165) is 25.1 Å². The molecule has 0 aliphatic rings. The molecule has 1 atom stereocenters. The maximum Gasteiger partial charge on any atom is 0.162 e. The molecule has 0 saturated heterocycles. The normalized spacial score (nSPS) is 13.6. The van der Waals surface area contributed by atoms with E-state index in [1.165, 1.54) is 6.07 Å². The van der Waals surface area contributed by atoms with Crippen LogP contribution in [0.5, 0.6) is 5.75 Å².